The summed E-state index contributed by atoms with van der Waals surface area (Å²) in [6, 6.07) is 10.8. The van der Waals surface area contributed by atoms with Gasteiger partial charge in [0.05, 0.1) is 11.4 Å². The molecule has 1 aromatic heterocycles. The molecule has 0 spiro atoms. The third-order valence-electron chi connectivity index (χ3n) is 2.59. The van der Waals surface area contributed by atoms with Gasteiger partial charge < -0.3 is 5.11 Å². The molecule has 0 saturated heterocycles. The lowest BCUT2D eigenvalue weighted by Crippen LogP contribution is -2.10. The summed E-state index contributed by atoms with van der Waals surface area (Å²) in [5.74, 6) is 0.0795. The van der Waals surface area contributed by atoms with E-state index in [1.165, 1.54) is 11.8 Å². The van der Waals surface area contributed by atoms with E-state index in [1.807, 2.05) is 30.3 Å². The molecule has 0 aliphatic heterocycles. The molecule has 0 aliphatic rings. The highest BCUT2D eigenvalue weighted by Gasteiger charge is 2.11. The number of pyridine rings is 1. The summed E-state index contributed by atoms with van der Waals surface area (Å²) in [5.41, 5.74) is 1.69. The Kier molecular flexibility index (Phi) is 4.57. The molecule has 6 heteroatoms. The molecule has 2 N–H and O–H groups in total. The molecule has 0 bridgehead atoms. The molecule has 4 nitrogen and oxygen atoms in total. The van der Waals surface area contributed by atoms with E-state index in [1.54, 1.807) is 6.92 Å². The van der Waals surface area contributed by atoms with Crippen molar-refractivity contribution >= 4 is 23.5 Å². The minimum absolute atomic E-state index is 0.166. The molecule has 1 aromatic carbocycles. The largest absolute Gasteiger partial charge is 0.465 e. The van der Waals surface area contributed by atoms with Crippen molar-refractivity contribution in [3.05, 3.63) is 53.5 Å². The highest BCUT2D eigenvalue weighted by atomic mass is 32.2. The summed E-state index contributed by atoms with van der Waals surface area (Å²) in [6.07, 6.45) is -1.24. The SMILES string of the molecule is Cc1nc(SCc2ccccc2)c(F)cc1NC(=O)O. The minimum Gasteiger partial charge on any atom is -0.465 e. The Morgan fingerprint density at radius 1 is 1.40 bits per heavy atom. The Hall–Kier alpha value is -2.08. The molecule has 0 radical (unpaired) electrons. The van der Waals surface area contributed by atoms with Crippen LogP contribution in [0.3, 0.4) is 0 Å². The number of aromatic nitrogens is 1. The molecule has 2 aromatic rings. The monoisotopic (exact) mass is 292 g/mol. The molecular weight excluding hydrogens is 279 g/mol. The first kappa shape index (κ1) is 14.3. The third kappa shape index (κ3) is 3.71. The van der Waals surface area contributed by atoms with Crippen LogP contribution in [0.25, 0.3) is 0 Å². The summed E-state index contributed by atoms with van der Waals surface area (Å²) in [6.45, 7) is 1.64. The second-order valence-electron chi connectivity index (χ2n) is 4.11. The molecule has 1 heterocycles. The van der Waals surface area contributed by atoms with Gasteiger partial charge in [0.15, 0.2) is 5.82 Å². The zero-order valence-corrected chi connectivity index (χ0v) is 11.6. The number of nitrogens with one attached hydrogen (secondary N) is 1. The van der Waals surface area contributed by atoms with Crippen molar-refractivity contribution in [3.8, 4) is 0 Å². The number of benzene rings is 1. The third-order valence-corrected chi connectivity index (χ3v) is 3.63. The number of hydrogen-bond donors (Lipinski definition) is 2. The fourth-order valence-corrected chi connectivity index (χ4v) is 2.52. The highest BCUT2D eigenvalue weighted by molar-refractivity contribution is 7.98. The van der Waals surface area contributed by atoms with Gasteiger partial charge in [-0.25, -0.2) is 14.2 Å². The quantitative estimate of drug-likeness (QED) is 0.839. The van der Waals surface area contributed by atoms with Crippen molar-refractivity contribution in [2.75, 3.05) is 5.32 Å². The summed E-state index contributed by atoms with van der Waals surface area (Å²) in [4.78, 5) is 14.7. The lowest BCUT2D eigenvalue weighted by atomic mass is 10.2. The van der Waals surface area contributed by atoms with Gasteiger partial charge in [0.1, 0.15) is 5.03 Å². The van der Waals surface area contributed by atoms with Gasteiger partial charge in [-0.05, 0) is 12.5 Å². The molecule has 1 amide bonds. The fraction of sp³-hybridized carbons (Fsp3) is 0.143. The zero-order valence-electron chi connectivity index (χ0n) is 10.8. The molecule has 0 aliphatic carbocycles. The topological polar surface area (TPSA) is 62.2 Å². The van der Waals surface area contributed by atoms with Gasteiger partial charge in [0, 0.05) is 11.8 Å². The van der Waals surface area contributed by atoms with Gasteiger partial charge in [-0.2, -0.15) is 0 Å². The first-order valence-electron chi connectivity index (χ1n) is 5.90. The highest BCUT2D eigenvalue weighted by Crippen LogP contribution is 2.27. The molecule has 2 rings (SSSR count). The first-order valence-corrected chi connectivity index (χ1v) is 6.88. The van der Waals surface area contributed by atoms with Crippen molar-refractivity contribution in [1.82, 2.24) is 4.98 Å². The predicted molar refractivity (Wildman–Crippen MR) is 76.6 cm³/mol. The Bertz CT molecular complexity index is 620. The van der Waals surface area contributed by atoms with Crippen LogP contribution in [-0.4, -0.2) is 16.2 Å². The van der Waals surface area contributed by atoms with Crippen LogP contribution < -0.4 is 5.32 Å². The van der Waals surface area contributed by atoms with Crippen LogP contribution in [-0.2, 0) is 5.75 Å². The molecular formula is C14H13FN2O2S. The van der Waals surface area contributed by atoms with E-state index < -0.39 is 11.9 Å². The van der Waals surface area contributed by atoms with Gasteiger partial charge >= 0.3 is 6.09 Å². The van der Waals surface area contributed by atoms with Crippen LogP contribution >= 0.6 is 11.8 Å². The summed E-state index contributed by atoms with van der Waals surface area (Å²) >= 11 is 1.28. The average Bonchev–Trinajstić information content (AvgIpc) is 2.41. The molecule has 0 unspecified atom stereocenters. The number of halogens is 1. The number of nitrogens with zero attached hydrogens (tertiary/aromatic N) is 1. The number of amides is 1. The van der Waals surface area contributed by atoms with Gasteiger partial charge in [0.25, 0.3) is 0 Å². The smallest absolute Gasteiger partial charge is 0.409 e. The summed E-state index contributed by atoms with van der Waals surface area (Å²) in [5, 5.41) is 11.0. The maximum atomic E-state index is 13.9. The number of thioether (sulfide) groups is 1. The molecule has 20 heavy (non-hydrogen) atoms. The van der Waals surface area contributed by atoms with Crippen LogP contribution in [0.15, 0.2) is 41.4 Å². The van der Waals surface area contributed by atoms with Crippen LogP contribution in [0.4, 0.5) is 14.9 Å². The van der Waals surface area contributed by atoms with Gasteiger partial charge in [0.2, 0.25) is 0 Å². The fourth-order valence-electron chi connectivity index (χ4n) is 1.63. The maximum Gasteiger partial charge on any atom is 0.409 e. The van der Waals surface area contributed by atoms with E-state index in [9.17, 15) is 9.18 Å². The van der Waals surface area contributed by atoms with Gasteiger partial charge in [-0.1, -0.05) is 42.1 Å². The van der Waals surface area contributed by atoms with E-state index in [4.69, 9.17) is 5.11 Å². The molecule has 0 atom stereocenters. The summed E-state index contributed by atoms with van der Waals surface area (Å²) < 4.78 is 13.9. The van der Waals surface area contributed by atoms with Crippen molar-refractivity contribution in [1.29, 1.82) is 0 Å². The second kappa shape index (κ2) is 6.38. The lowest BCUT2D eigenvalue weighted by Gasteiger charge is -2.08. The number of carbonyl (C=O) groups is 1. The maximum absolute atomic E-state index is 13.9. The molecule has 0 fully saturated rings. The number of carboxylic acid groups (broad SMARTS) is 1. The standard InChI is InChI=1S/C14H13FN2O2S/c1-9-12(17-14(18)19)7-11(15)13(16-9)20-8-10-5-3-2-4-6-10/h2-7,17H,8H2,1H3,(H,18,19). The Labute approximate surface area is 120 Å². The number of anilines is 1. The van der Waals surface area contributed by atoms with Crippen LogP contribution in [0.5, 0.6) is 0 Å². The second-order valence-corrected chi connectivity index (χ2v) is 5.08. The minimum atomic E-state index is -1.24. The predicted octanol–water partition coefficient (Wildman–Crippen LogP) is 3.91. The number of hydrogen-bond acceptors (Lipinski definition) is 3. The van der Waals surface area contributed by atoms with E-state index in [0.717, 1.165) is 11.6 Å². The van der Waals surface area contributed by atoms with Crippen LogP contribution in [0, 0.1) is 12.7 Å². The number of rotatable bonds is 4. The Balaban J connectivity index is 2.13. The van der Waals surface area contributed by atoms with E-state index >= 15 is 0 Å². The zero-order chi connectivity index (χ0) is 14.5. The van der Waals surface area contributed by atoms with Crippen LogP contribution in [0.1, 0.15) is 11.3 Å². The molecule has 104 valence electrons. The van der Waals surface area contributed by atoms with E-state index in [-0.39, 0.29) is 10.7 Å². The van der Waals surface area contributed by atoms with E-state index in [0.29, 0.717) is 11.4 Å². The van der Waals surface area contributed by atoms with Crippen molar-refractivity contribution in [2.45, 2.75) is 17.7 Å². The average molecular weight is 292 g/mol. The van der Waals surface area contributed by atoms with E-state index in [2.05, 4.69) is 10.3 Å². The van der Waals surface area contributed by atoms with Crippen molar-refractivity contribution in [2.24, 2.45) is 0 Å². The first-order chi connectivity index (χ1) is 9.56. The van der Waals surface area contributed by atoms with Gasteiger partial charge in [-0.3, -0.25) is 5.32 Å². The van der Waals surface area contributed by atoms with Gasteiger partial charge in [-0.15, -0.1) is 0 Å². The Morgan fingerprint density at radius 3 is 2.75 bits per heavy atom. The lowest BCUT2D eigenvalue weighted by molar-refractivity contribution is 0.209. The van der Waals surface area contributed by atoms with Crippen molar-refractivity contribution in [3.63, 3.8) is 0 Å². The normalized spacial score (nSPS) is 10.3. The van der Waals surface area contributed by atoms with Crippen LogP contribution in [0.2, 0.25) is 0 Å². The number of aryl methyl sites for hydroxylation is 1. The Morgan fingerprint density at radius 2 is 2.10 bits per heavy atom. The van der Waals surface area contributed by atoms with Crippen molar-refractivity contribution < 1.29 is 14.3 Å². The summed E-state index contributed by atoms with van der Waals surface area (Å²) in [7, 11) is 0. The molecule has 0 saturated carbocycles.